The molecule has 0 unspecified atom stereocenters. The molecule has 1 rings (SSSR count). The average molecular weight is 355 g/mol. The zero-order chi connectivity index (χ0) is 18.7. The monoisotopic (exact) mass is 354 g/mol. The summed E-state index contributed by atoms with van der Waals surface area (Å²) in [4.78, 5) is 26.2. The molecule has 5 heteroatoms. The van der Waals surface area contributed by atoms with E-state index in [1.54, 1.807) is 6.07 Å². The molecule has 0 aliphatic rings. The van der Waals surface area contributed by atoms with Crippen LogP contribution in [0, 0.1) is 10.8 Å². The molecule has 0 aliphatic heterocycles. The van der Waals surface area contributed by atoms with Crippen molar-refractivity contribution in [1.82, 2.24) is 0 Å². The summed E-state index contributed by atoms with van der Waals surface area (Å²) >= 11 is 1.31. The maximum Gasteiger partial charge on any atom is 0.349 e. The van der Waals surface area contributed by atoms with Crippen molar-refractivity contribution in [2.45, 2.75) is 61.3 Å². The molecular formula is C19H30O4S. The molecule has 1 heterocycles. The lowest BCUT2D eigenvalue weighted by atomic mass is 9.98. The Morgan fingerprint density at radius 3 is 1.83 bits per heavy atom. The molecule has 0 saturated heterocycles. The number of thiophene rings is 1. The van der Waals surface area contributed by atoms with Gasteiger partial charge in [0, 0.05) is 4.88 Å². The Kier molecular flexibility index (Phi) is 6.62. The highest BCUT2D eigenvalue weighted by atomic mass is 32.1. The summed E-state index contributed by atoms with van der Waals surface area (Å²) < 4.78 is 10.8. The zero-order valence-corrected chi connectivity index (χ0v) is 16.9. The van der Waals surface area contributed by atoms with Crippen LogP contribution in [0.2, 0.25) is 0 Å². The highest BCUT2D eigenvalue weighted by Gasteiger charge is 2.26. The van der Waals surface area contributed by atoms with Gasteiger partial charge in [-0.3, -0.25) is 0 Å². The number of carbonyl (C=O) groups is 2. The molecule has 0 radical (unpaired) electrons. The van der Waals surface area contributed by atoms with Crippen LogP contribution < -0.4 is 0 Å². The van der Waals surface area contributed by atoms with Crippen LogP contribution in [0.1, 0.15) is 86.2 Å². The Labute approximate surface area is 149 Å². The van der Waals surface area contributed by atoms with E-state index in [2.05, 4.69) is 0 Å². The fourth-order valence-electron chi connectivity index (χ4n) is 1.71. The average Bonchev–Trinajstić information content (AvgIpc) is 2.86. The lowest BCUT2D eigenvalue weighted by Crippen LogP contribution is -2.21. The molecule has 24 heavy (non-hydrogen) atoms. The van der Waals surface area contributed by atoms with Crippen molar-refractivity contribution in [3.63, 3.8) is 0 Å². The van der Waals surface area contributed by atoms with Gasteiger partial charge in [-0.05, 0) is 22.8 Å². The van der Waals surface area contributed by atoms with Crippen molar-refractivity contribution < 1.29 is 19.1 Å². The maximum atomic E-state index is 12.4. The van der Waals surface area contributed by atoms with Gasteiger partial charge < -0.3 is 9.47 Å². The van der Waals surface area contributed by atoms with Gasteiger partial charge in [-0.2, -0.15) is 0 Å². The topological polar surface area (TPSA) is 52.6 Å². The summed E-state index contributed by atoms with van der Waals surface area (Å²) in [6.07, 6.45) is 0. The van der Waals surface area contributed by atoms with Crippen LogP contribution >= 0.6 is 11.3 Å². The SMILES string of the molecule is CC(C)c1cc(C(=O)OCC(C)(C)C)c(C(=O)OCC(C)(C)C)s1. The van der Waals surface area contributed by atoms with Crippen LogP contribution in [0.4, 0.5) is 0 Å². The van der Waals surface area contributed by atoms with Gasteiger partial charge in [0.1, 0.15) is 4.88 Å². The fourth-order valence-corrected chi connectivity index (χ4v) is 2.75. The van der Waals surface area contributed by atoms with Crippen LogP contribution in [0.3, 0.4) is 0 Å². The summed E-state index contributed by atoms with van der Waals surface area (Å²) in [5, 5.41) is 0. The van der Waals surface area contributed by atoms with Crippen molar-refractivity contribution in [2.24, 2.45) is 10.8 Å². The van der Waals surface area contributed by atoms with E-state index in [0.717, 1.165) is 4.88 Å². The molecule has 0 aromatic carbocycles. The lowest BCUT2D eigenvalue weighted by Gasteiger charge is -2.18. The number of ether oxygens (including phenoxy) is 2. The molecule has 0 saturated carbocycles. The second kappa shape index (κ2) is 7.68. The first kappa shape index (κ1) is 20.7. The summed E-state index contributed by atoms with van der Waals surface area (Å²) in [7, 11) is 0. The smallest absolute Gasteiger partial charge is 0.349 e. The van der Waals surface area contributed by atoms with Crippen molar-refractivity contribution in [1.29, 1.82) is 0 Å². The second-order valence-electron chi connectivity index (χ2n) is 8.82. The van der Waals surface area contributed by atoms with Gasteiger partial charge >= 0.3 is 11.9 Å². The van der Waals surface area contributed by atoms with E-state index < -0.39 is 11.9 Å². The van der Waals surface area contributed by atoms with Gasteiger partial charge in [-0.25, -0.2) is 9.59 Å². The summed E-state index contributed by atoms with van der Waals surface area (Å²) in [5.41, 5.74) is 0.0621. The van der Waals surface area contributed by atoms with Crippen LogP contribution in [0.5, 0.6) is 0 Å². The van der Waals surface area contributed by atoms with E-state index in [-0.39, 0.29) is 16.7 Å². The van der Waals surface area contributed by atoms with E-state index in [9.17, 15) is 9.59 Å². The van der Waals surface area contributed by atoms with E-state index in [4.69, 9.17) is 9.47 Å². The second-order valence-corrected chi connectivity index (χ2v) is 9.90. The van der Waals surface area contributed by atoms with Crippen molar-refractivity contribution in [2.75, 3.05) is 13.2 Å². The molecule has 0 atom stereocenters. The Morgan fingerprint density at radius 2 is 1.42 bits per heavy atom. The number of esters is 2. The van der Waals surface area contributed by atoms with Crippen LogP contribution in [0.15, 0.2) is 6.07 Å². The zero-order valence-electron chi connectivity index (χ0n) is 16.1. The van der Waals surface area contributed by atoms with E-state index in [0.29, 0.717) is 23.7 Å². The number of hydrogen-bond acceptors (Lipinski definition) is 5. The first-order valence-corrected chi connectivity index (χ1v) is 9.10. The third-order valence-electron chi connectivity index (χ3n) is 3.00. The van der Waals surface area contributed by atoms with E-state index >= 15 is 0 Å². The number of hydrogen-bond donors (Lipinski definition) is 0. The van der Waals surface area contributed by atoms with Crippen molar-refractivity contribution >= 4 is 23.3 Å². The lowest BCUT2D eigenvalue weighted by molar-refractivity contribution is 0.0327. The van der Waals surface area contributed by atoms with Gasteiger partial charge in [-0.1, -0.05) is 55.4 Å². The highest BCUT2D eigenvalue weighted by Crippen LogP contribution is 2.30. The third-order valence-corrected chi connectivity index (χ3v) is 4.41. The van der Waals surface area contributed by atoms with Gasteiger partial charge in [0.25, 0.3) is 0 Å². The van der Waals surface area contributed by atoms with Gasteiger partial charge in [0.15, 0.2) is 0 Å². The van der Waals surface area contributed by atoms with Crippen molar-refractivity contribution in [3.8, 4) is 0 Å². The molecule has 1 aromatic heterocycles. The molecule has 0 fully saturated rings. The number of rotatable bonds is 5. The minimum Gasteiger partial charge on any atom is -0.461 e. The summed E-state index contributed by atoms with van der Waals surface area (Å²) in [6, 6.07) is 1.76. The quantitative estimate of drug-likeness (QED) is 0.675. The predicted molar refractivity (Wildman–Crippen MR) is 97.9 cm³/mol. The third kappa shape index (κ3) is 6.63. The molecule has 0 aliphatic carbocycles. The first-order valence-electron chi connectivity index (χ1n) is 8.28. The standard InChI is InChI=1S/C19H30O4S/c1-12(2)14-9-13(16(20)22-10-18(3,4)5)15(24-14)17(21)23-11-19(6,7)8/h9,12H,10-11H2,1-8H3. The fraction of sp³-hybridized carbons (Fsp3) is 0.684. The molecule has 1 aromatic rings. The number of carbonyl (C=O) groups excluding carboxylic acids is 2. The van der Waals surface area contributed by atoms with Gasteiger partial charge in [-0.15, -0.1) is 11.3 Å². The largest absolute Gasteiger partial charge is 0.461 e. The molecular weight excluding hydrogens is 324 g/mol. The maximum absolute atomic E-state index is 12.4. The van der Waals surface area contributed by atoms with Gasteiger partial charge in [0.2, 0.25) is 0 Å². The Morgan fingerprint density at radius 1 is 0.958 bits per heavy atom. The van der Waals surface area contributed by atoms with Crippen LogP contribution in [-0.2, 0) is 9.47 Å². The molecule has 0 amide bonds. The Bertz CT molecular complexity index is 538. The Hall–Kier alpha value is -1.36. The summed E-state index contributed by atoms with van der Waals surface area (Å²) in [6.45, 7) is 16.6. The van der Waals surface area contributed by atoms with Crippen LogP contribution in [-0.4, -0.2) is 25.2 Å². The molecule has 136 valence electrons. The molecule has 4 nitrogen and oxygen atoms in total. The molecule has 0 bridgehead atoms. The van der Waals surface area contributed by atoms with Crippen molar-refractivity contribution in [3.05, 3.63) is 21.4 Å². The molecule has 0 spiro atoms. The van der Waals surface area contributed by atoms with E-state index in [1.165, 1.54) is 11.3 Å². The first-order chi connectivity index (χ1) is 10.8. The summed E-state index contributed by atoms with van der Waals surface area (Å²) in [5.74, 6) is -0.686. The normalized spacial score (nSPS) is 12.4. The minimum absolute atomic E-state index is 0.124. The Balaban J connectivity index is 3.01. The van der Waals surface area contributed by atoms with Gasteiger partial charge in [0.05, 0.1) is 18.8 Å². The molecule has 0 N–H and O–H groups in total. The predicted octanol–water partition coefficient (Wildman–Crippen LogP) is 5.28. The van der Waals surface area contributed by atoms with Crippen LogP contribution in [0.25, 0.3) is 0 Å². The minimum atomic E-state index is -0.462. The van der Waals surface area contributed by atoms with E-state index in [1.807, 2.05) is 55.4 Å². The highest BCUT2D eigenvalue weighted by molar-refractivity contribution is 7.14.